The topological polar surface area (TPSA) is 86.8 Å². The Bertz CT molecular complexity index is 1150. The second-order valence-electron chi connectivity index (χ2n) is 7.97. The number of hydrogen-bond acceptors (Lipinski definition) is 4. The van der Waals surface area contributed by atoms with Crippen molar-refractivity contribution in [2.75, 3.05) is 17.1 Å². The van der Waals surface area contributed by atoms with Crippen LogP contribution in [0.3, 0.4) is 0 Å². The molecule has 34 heavy (non-hydrogen) atoms. The van der Waals surface area contributed by atoms with Crippen molar-refractivity contribution >= 4 is 66.7 Å². The van der Waals surface area contributed by atoms with Gasteiger partial charge in [0.15, 0.2) is 0 Å². The van der Waals surface area contributed by atoms with Gasteiger partial charge >= 0.3 is 0 Å². The molecule has 2 amide bonds. The van der Waals surface area contributed by atoms with E-state index in [-0.39, 0.29) is 18.5 Å². The largest absolute Gasteiger partial charge is 0.352 e. The van der Waals surface area contributed by atoms with Crippen LogP contribution in [-0.2, 0) is 26.2 Å². The lowest BCUT2D eigenvalue weighted by Crippen LogP contribution is -2.52. The predicted molar refractivity (Wildman–Crippen MR) is 141 cm³/mol. The third-order valence-corrected chi connectivity index (χ3v) is 7.71. The van der Waals surface area contributed by atoms with Gasteiger partial charge < -0.3 is 10.2 Å². The Morgan fingerprint density at radius 1 is 1.12 bits per heavy atom. The number of nitrogens with one attached hydrogen (secondary N) is 1. The molecule has 2 rings (SSSR count). The summed E-state index contributed by atoms with van der Waals surface area (Å²) in [5, 5.41) is 3.65. The lowest BCUT2D eigenvalue weighted by atomic mass is 10.1. The second kappa shape index (κ2) is 12.2. The van der Waals surface area contributed by atoms with E-state index in [9.17, 15) is 18.0 Å². The Balaban J connectivity index is 2.43. The van der Waals surface area contributed by atoms with Crippen LogP contribution >= 0.6 is 39.1 Å². The molecule has 186 valence electrons. The van der Waals surface area contributed by atoms with Crippen molar-refractivity contribution in [2.45, 2.75) is 45.8 Å². The number of para-hydroxylation sites is 1. The van der Waals surface area contributed by atoms with Crippen LogP contribution in [0.4, 0.5) is 5.69 Å². The average Bonchev–Trinajstić information content (AvgIpc) is 2.76. The summed E-state index contributed by atoms with van der Waals surface area (Å²) in [6.45, 7) is 4.91. The predicted octanol–water partition coefficient (Wildman–Crippen LogP) is 4.85. The van der Waals surface area contributed by atoms with E-state index in [0.717, 1.165) is 17.0 Å². The van der Waals surface area contributed by atoms with E-state index in [1.54, 1.807) is 49.4 Å². The van der Waals surface area contributed by atoms with Crippen molar-refractivity contribution in [3.63, 3.8) is 0 Å². The quantitative estimate of drug-likeness (QED) is 0.427. The van der Waals surface area contributed by atoms with Gasteiger partial charge in [-0.2, -0.15) is 0 Å². The van der Waals surface area contributed by atoms with Gasteiger partial charge in [-0.3, -0.25) is 13.9 Å². The first-order valence-corrected chi connectivity index (χ1v) is 14.0. The molecule has 2 atom stereocenters. The van der Waals surface area contributed by atoms with E-state index >= 15 is 0 Å². The minimum absolute atomic E-state index is 0.00249. The number of sulfonamides is 1. The molecule has 0 spiro atoms. The number of nitrogens with zero attached hydrogens (tertiary/aromatic N) is 2. The van der Waals surface area contributed by atoms with E-state index < -0.39 is 28.5 Å². The molecule has 7 nitrogen and oxygen atoms in total. The third-order valence-electron chi connectivity index (χ3n) is 5.32. The first-order valence-electron chi connectivity index (χ1n) is 10.6. The van der Waals surface area contributed by atoms with E-state index in [0.29, 0.717) is 25.8 Å². The Morgan fingerprint density at radius 3 is 2.32 bits per heavy atom. The molecule has 0 aliphatic rings. The number of carbonyl (C=O) groups is 2. The molecule has 0 saturated heterocycles. The molecule has 0 fully saturated rings. The summed E-state index contributed by atoms with van der Waals surface area (Å²) in [5.74, 6) is -0.904. The zero-order chi connectivity index (χ0) is 25.6. The van der Waals surface area contributed by atoms with Crippen LogP contribution in [-0.4, -0.2) is 50.0 Å². The van der Waals surface area contributed by atoms with Gasteiger partial charge in [-0.05, 0) is 66.0 Å². The van der Waals surface area contributed by atoms with Crippen molar-refractivity contribution in [3.05, 3.63) is 62.5 Å². The molecule has 0 aromatic heterocycles. The zero-order valence-corrected chi connectivity index (χ0v) is 23.3. The molecule has 0 saturated carbocycles. The van der Waals surface area contributed by atoms with Gasteiger partial charge in [0, 0.05) is 27.1 Å². The van der Waals surface area contributed by atoms with Crippen LogP contribution in [0.1, 0.15) is 32.8 Å². The van der Waals surface area contributed by atoms with Crippen LogP contribution in [0.5, 0.6) is 0 Å². The van der Waals surface area contributed by atoms with E-state index in [2.05, 4.69) is 21.2 Å². The highest BCUT2D eigenvalue weighted by atomic mass is 79.9. The van der Waals surface area contributed by atoms with Gasteiger partial charge in [-0.25, -0.2) is 8.42 Å². The summed E-state index contributed by atoms with van der Waals surface area (Å²) in [4.78, 5) is 27.7. The van der Waals surface area contributed by atoms with Gasteiger partial charge in [0.05, 0.1) is 11.9 Å². The maximum atomic E-state index is 13.5. The summed E-state index contributed by atoms with van der Waals surface area (Å²) in [7, 11) is -3.81. The van der Waals surface area contributed by atoms with Crippen molar-refractivity contribution in [1.82, 2.24) is 10.2 Å². The highest BCUT2D eigenvalue weighted by Gasteiger charge is 2.31. The molecule has 2 aromatic rings. The van der Waals surface area contributed by atoms with Crippen molar-refractivity contribution in [1.29, 1.82) is 0 Å². The molecular weight excluding hydrogens is 565 g/mol. The van der Waals surface area contributed by atoms with Crippen molar-refractivity contribution in [3.8, 4) is 0 Å². The standard InChI is InChI=1S/C23H28BrCl2N3O4S/c1-5-15(2)27-23(31)16(3)28(13-17-10-11-18(25)12-20(17)26)22(30)14-29(34(4,32)33)21-9-7-6-8-19(21)24/h6-12,15-16H,5,13-14H2,1-4H3,(H,27,31)/t15-,16-/m0/s1. The normalized spacial score (nSPS) is 13.1. The Hall–Kier alpha value is -1.81. The number of anilines is 1. The Kier molecular flexibility index (Phi) is 10.2. The molecule has 0 heterocycles. The number of halogens is 3. The first-order chi connectivity index (χ1) is 15.8. The van der Waals surface area contributed by atoms with Gasteiger partial charge in [0.25, 0.3) is 0 Å². The smallest absolute Gasteiger partial charge is 0.244 e. The third kappa shape index (κ3) is 7.60. The monoisotopic (exact) mass is 591 g/mol. The molecular formula is C23H28BrCl2N3O4S. The molecule has 0 radical (unpaired) electrons. The fraction of sp³-hybridized carbons (Fsp3) is 0.391. The number of benzene rings is 2. The molecule has 0 aliphatic heterocycles. The number of amides is 2. The minimum Gasteiger partial charge on any atom is -0.352 e. The fourth-order valence-corrected chi connectivity index (χ4v) is 5.08. The van der Waals surface area contributed by atoms with Crippen LogP contribution in [0.15, 0.2) is 46.9 Å². The van der Waals surface area contributed by atoms with Gasteiger partial charge in [0.2, 0.25) is 21.8 Å². The van der Waals surface area contributed by atoms with E-state index in [1.807, 2.05) is 13.8 Å². The summed E-state index contributed by atoms with van der Waals surface area (Å²) < 4.78 is 26.7. The van der Waals surface area contributed by atoms with Crippen LogP contribution in [0, 0.1) is 0 Å². The average molecular weight is 593 g/mol. The summed E-state index contributed by atoms with van der Waals surface area (Å²) in [5.41, 5.74) is 0.897. The molecule has 0 bridgehead atoms. The maximum absolute atomic E-state index is 13.5. The number of hydrogen-bond donors (Lipinski definition) is 1. The van der Waals surface area contributed by atoms with Crippen molar-refractivity contribution in [2.24, 2.45) is 0 Å². The maximum Gasteiger partial charge on any atom is 0.244 e. The second-order valence-corrected chi connectivity index (χ2v) is 11.6. The molecule has 2 aromatic carbocycles. The Morgan fingerprint density at radius 2 is 1.76 bits per heavy atom. The highest BCUT2D eigenvalue weighted by molar-refractivity contribution is 9.10. The summed E-state index contributed by atoms with van der Waals surface area (Å²) in [6, 6.07) is 10.6. The van der Waals surface area contributed by atoms with Gasteiger partial charge in [0.1, 0.15) is 12.6 Å². The fourth-order valence-electron chi connectivity index (χ4n) is 3.13. The lowest BCUT2D eigenvalue weighted by molar-refractivity contribution is -0.139. The van der Waals surface area contributed by atoms with E-state index in [1.165, 1.54) is 4.90 Å². The molecule has 1 N–H and O–H groups in total. The zero-order valence-electron chi connectivity index (χ0n) is 19.4. The van der Waals surface area contributed by atoms with Crippen molar-refractivity contribution < 1.29 is 18.0 Å². The van der Waals surface area contributed by atoms with Crippen LogP contribution < -0.4 is 9.62 Å². The summed E-state index contributed by atoms with van der Waals surface area (Å²) >= 11 is 15.7. The minimum atomic E-state index is -3.81. The molecule has 0 aliphatic carbocycles. The SMILES string of the molecule is CC[C@H](C)NC(=O)[C@H](C)N(Cc1ccc(Cl)cc1Cl)C(=O)CN(c1ccccc1Br)S(C)(=O)=O. The van der Waals surface area contributed by atoms with E-state index in [4.69, 9.17) is 23.2 Å². The lowest BCUT2D eigenvalue weighted by Gasteiger charge is -2.32. The van der Waals surface area contributed by atoms with Gasteiger partial charge in [-0.1, -0.05) is 48.3 Å². The highest BCUT2D eigenvalue weighted by Crippen LogP contribution is 2.28. The van der Waals surface area contributed by atoms with Gasteiger partial charge in [-0.15, -0.1) is 0 Å². The number of carbonyl (C=O) groups excluding carboxylic acids is 2. The molecule has 11 heteroatoms. The van der Waals surface area contributed by atoms with Crippen LogP contribution in [0.2, 0.25) is 10.0 Å². The number of rotatable bonds is 10. The first kappa shape index (κ1) is 28.4. The summed E-state index contributed by atoms with van der Waals surface area (Å²) in [6.07, 6.45) is 1.75. The molecule has 0 unspecified atom stereocenters. The van der Waals surface area contributed by atoms with Crippen LogP contribution in [0.25, 0.3) is 0 Å². The Labute approximate surface area is 219 Å².